The highest BCUT2D eigenvalue weighted by Crippen LogP contribution is 2.22. The van der Waals surface area contributed by atoms with Crippen LogP contribution in [-0.4, -0.2) is 22.3 Å². The molecule has 3 heteroatoms. The van der Waals surface area contributed by atoms with Gasteiger partial charge in [0.25, 0.3) is 0 Å². The van der Waals surface area contributed by atoms with Gasteiger partial charge in [-0.1, -0.05) is 30.7 Å². The molecule has 2 rings (SSSR count). The molecule has 0 spiro atoms. The summed E-state index contributed by atoms with van der Waals surface area (Å²) in [5, 5.41) is 3.55. The molecule has 3 atom stereocenters. The fourth-order valence-corrected chi connectivity index (χ4v) is 3.93. The quantitative estimate of drug-likeness (QED) is 0.830. The van der Waals surface area contributed by atoms with E-state index in [4.69, 9.17) is 0 Å². The summed E-state index contributed by atoms with van der Waals surface area (Å²) in [4.78, 5) is 0. The van der Waals surface area contributed by atoms with Crippen LogP contribution in [0, 0.1) is 19.8 Å². The topological polar surface area (TPSA) is 29.1 Å². The molecule has 0 bridgehead atoms. The van der Waals surface area contributed by atoms with Crippen LogP contribution in [0.5, 0.6) is 0 Å². The molecule has 1 N–H and O–H groups in total. The first kappa shape index (κ1) is 12.8. The molecule has 0 saturated carbocycles. The van der Waals surface area contributed by atoms with Gasteiger partial charge in [-0.05, 0) is 37.4 Å². The van der Waals surface area contributed by atoms with Gasteiger partial charge >= 0.3 is 0 Å². The fourth-order valence-electron chi connectivity index (χ4n) is 2.37. The van der Waals surface area contributed by atoms with Crippen molar-refractivity contribution in [2.24, 2.45) is 5.92 Å². The second kappa shape index (κ2) is 5.32. The summed E-state index contributed by atoms with van der Waals surface area (Å²) in [6.07, 6.45) is 0. The fraction of sp³-hybridized carbons (Fsp3) is 0.571. The molecule has 1 aromatic carbocycles. The van der Waals surface area contributed by atoms with Crippen LogP contribution in [0.25, 0.3) is 0 Å². The Morgan fingerprint density at radius 1 is 1.29 bits per heavy atom. The molecule has 0 aliphatic carbocycles. The third-order valence-corrected chi connectivity index (χ3v) is 4.99. The van der Waals surface area contributed by atoms with Crippen LogP contribution in [0.1, 0.15) is 29.7 Å². The Labute approximate surface area is 106 Å². The first-order valence-electron chi connectivity index (χ1n) is 6.22. The van der Waals surface area contributed by atoms with Gasteiger partial charge in [-0.15, -0.1) is 0 Å². The number of nitrogens with one attached hydrogen (secondary N) is 1. The van der Waals surface area contributed by atoms with E-state index in [9.17, 15) is 4.21 Å². The molecule has 1 aliphatic rings. The van der Waals surface area contributed by atoms with Crippen LogP contribution in [0.15, 0.2) is 18.2 Å². The molecule has 1 heterocycles. The molecule has 1 saturated heterocycles. The highest BCUT2D eigenvalue weighted by atomic mass is 32.2. The zero-order chi connectivity index (χ0) is 12.4. The van der Waals surface area contributed by atoms with Crippen molar-refractivity contribution < 1.29 is 4.21 Å². The van der Waals surface area contributed by atoms with Gasteiger partial charge in [0.2, 0.25) is 0 Å². The van der Waals surface area contributed by atoms with Crippen molar-refractivity contribution in [3.05, 3.63) is 34.9 Å². The van der Waals surface area contributed by atoms with Crippen LogP contribution in [0.3, 0.4) is 0 Å². The second-order valence-electron chi connectivity index (χ2n) is 5.20. The number of rotatable bonds is 1. The summed E-state index contributed by atoms with van der Waals surface area (Å²) in [7, 11) is -0.696. The van der Waals surface area contributed by atoms with Crippen LogP contribution >= 0.6 is 0 Å². The van der Waals surface area contributed by atoms with Crippen molar-refractivity contribution >= 4 is 10.8 Å². The molecule has 1 aliphatic heterocycles. The van der Waals surface area contributed by atoms with E-state index in [2.05, 4.69) is 44.3 Å². The lowest BCUT2D eigenvalue weighted by Gasteiger charge is -2.19. The number of hydrogen-bond donors (Lipinski definition) is 1. The van der Waals surface area contributed by atoms with Crippen molar-refractivity contribution in [1.29, 1.82) is 0 Å². The predicted molar refractivity (Wildman–Crippen MR) is 73.7 cm³/mol. The average Bonchev–Trinajstić information content (AvgIpc) is 2.43. The van der Waals surface area contributed by atoms with Gasteiger partial charge in [-0.2, -0.15) is 0 Å². The minimum Gasteiger partial charge on any atom is -0.309 e. The van der Waals surface area contributed by atoms with E-state index in [0.717, 1.165) is 18.1 Å². The first-order chi connectivity index (χ1) is 8.06. The zero-order valence-corrected chi connectivity index (χ0v) is 11.6. The van der Waals surface area contributed by atoms with Gasteiger partial charge in [-0.3, -0.25) is 4.21 Å². The highest BCUT2D eigenvalue weighted by molar-refractivity contribution is 7.85. The maximum Gasteiger partial charge on any atom is 0.0439 e. The molecule has 1 aromatic rings. The minimum absolute atomic E-state index is 0.251. The highest BCUT2D eigenvalue weighted by Gasteiger charge is 2.22. The summed E-state index contributed by atoms with van der Waals surface area (Å²) in [5.41, 5.74) is 3.88. The molecule has 94 valence electrons. The molecule has 2 nitrogen and oxygen atoms in total. The largest absolute Gasteiger partial charge is 0.309 e. The molecule has 0 amide bonds. The zero-order valence-electron chi connectivity index (χ0n) is 10.8. The lowest BCUT2D eigenvalue weighted by molar-refractivity contribution is 0.516. The lowest BCUT2D eigenvalue weighted by atomic mass is 9.99. The smallest absolute Gasteiger partial charge is 0.0439 e. The maximum atomic E-state index is 11.9. The summed E-state index contributed by atoms with van der Waals surface area (Å²) in [5.74, 6) is 2.08. The summed E-state index contributed by atoms with van der Waals surface area (Å²) in [6.45, 7) is 7.37. The second-order valence-corrected chi connectivity index (χ2v) is 6.75. The van der Waals surface area contributed by atoms with Gasteiger partial charge in [0.1, 0.15) is 0 Å². The minimum atomic E-state index is -0.696. The van der Waals surface area contributed by atoms with E-state index in [1.54, 1.807) is 0 Å². The van der Waals surface area contributed by atoms with E-state index in [1.807, 2.05) is 0 Å². The lowest BCUT2D eigenvalue weighted by Crippen LogP contribution is -2.26. The van der Waals surface area contributed by atoms with E-state index in [0.29, 0.717) is 5.92 Å². The average molecular weight is 251 g/mol. The van der Waals surface area contributed by atoms with Crippen molar-refractivity contribution in [2.45, 2.75) is 26.8 Å². The molecule has 1 fully saturated rings. The Bertz CT molecular complexity index is 430. The number of hydrogen-bond acceptors (Lipinski definition) is 2. The van der Waals surface area contributed by atoms with Gasteiger partial charge in [0.15, 0.2) is 0 Å². The molecule has 0 radical (unpaired) electrons. The van der Waals surface area contributed by atoms with Gasteiger partial charge in [0, 0.05) is 28.3 Å². The molecular formula is C14H21NOS. The summed E-state index contributed by atoms with van der Waals surface area (Å²) >= 11 is 0. The van der Waals surface area contributed by atoms with Gasteiger partial charge < -0.3 is 5.32 Å². The van der Waals surface area contributed by atoms with E-state index in [-0.39, 0.29) is 6.04 Å². The van der Waals surface area contributed by atoms with Crippen molar-refractivity contribution in [2.75, 3.05) is 18.1 Å². The number of aryl methyl sites for hydroxylation is 2. The van der Waals surface area contributed by atoms with E-state index >= 15 is 0 Å². The Balaban J connectivity index is 2.26. The molecule has 0 aromatic heterocycles. The Morgan fingerprint density at radius 2 is 2.06 bits per heavy atom. The molecular weight excluding hydrogens is 230 g/mol. The third-order valence-electron chi connectivity index (χ3n) is 3.35. The van der Waals surface area contributed by atoms with E-state index in [1.165, 1.54) is 16.7 Å². The molecule has 3 unspecified atom stereocenters. The van der Waals surface area contributed by atoms with Crippen LogP contribution in [-0.2, 0) is 10.8 Å². The van der Waals surface area contributed by atoms with E-state index < -0.39 is 10.8 Å². The third kappa shape index (κ3) is 3.17. The van der Waals surface area contributed by atoms with Gasteiger partial charge in [-0.25, -0.2) is 0 Å². The Hall–Kier alpha value is -0.670. The standard InChI is InChI=1S/C14H21NOS/c1-10-4-5-12(3)13(6-10)14-9-17(16)8-11(2)7-15-14/h4-6,11,14-15H,7-9H2,1-3H3. The predicted octanol–water partition coefficient (Wildman–Crippen LogP) is 2.33. The van der Waals surface area contributed by atoms with Crippen molar-refractivity contribution in [3.8, 4) is 0 Å². The van der Waals surface area contributed by atoms with Crippen LogP contribution in [0.4, 0.5) is 0 Å². The normalized spacial score (nSPS) is 29.9. The van der Waals surface area contributed by atoms with Crippen molar-refractivity contribution in [1.82, 2.24) is 5.32 Å². The SMILES string of the molecule is Cc1ccc(C)c(C2CS(=O)CC(C)CN2)c1. The summed E-state index contributed by atoms with van der Waals surface area (Å²) < 4.78 is 11.9. The van der Waals surface area contributed by atoms with Crippen molar-refractivity contribution in [3.63, 3.8) is 0 Å². The Morgan fingerprint density at radius 3 is 2.82 bits per heavy atom. The van der Waals surface area contributed by atoms with Gasteiger partial charge in [0.05, 0.1) is 0 Å². The van der Waals surface area contributed by atoms with Crippen LogP contribution < -0.4 is 5.32 Å². The number of benzene rings is 1. The molecule has 17 heavy (non-hydrogen) atoms. The summed E-state index contributed by atoms with van der Waals surface area (Å²) in [6, 6.07) is 6.76. The van der Waals surface area contributed by atoms with Crippen LogP contribution in [0.2, 0.25) is 0 Å². The first-order valence-corrected chi connectivity index (χ1v) is 7.70. The monoisotopic (exact) mass is 251 g/mol. The maximum absolute atomic E-state index is 11.9. The Kier molecular flexibility index (Phi) is 4.00.